The Hall–Kier alpha value is -2.28. The predicted octanol–water partition coefficient (Wildman–Crippen LogP) is 5.88. The SMILES string of the molecule is CC1(COc2ccc(F)cc2[C@@H](C(=O)O)N2CCC(C(P)CCCCc3ccc4c(n3)NCCC4)C2)CCOCC1. The molecule has 0 saturated carbocycles. The zero-order chi connectivity index (χ0) is 28.8. The Labute approximate surface area is 245 Å². The average molecular weight is 586 g/mol. The van der Waals surface area contributed by atoms with E-state index in [4.69, 9.17) is 14.5 Å². The molecule has 3 aliphatic heterocycles. The van der Waals surface area contributed by atoms with Gasteiger partial charge in [-0.3, -0.25) is 9.69 Å². The van der Waals surface area contributed by atoms with Crippen molar-refractivity contribution in [2.24, 2.45) is 11.3 Å². The van der Waals surface area contributed by atoms with Crippen molar-refractivity contribution in [2.75, 3.05) is 44.8 Å². The maximum Gasteiger partial charge on any atom is 0.325 e. The highest BCUT2D eigenvalue weighted by Crippen LogP contribution is 2.38. The van der Waals surface area contributed by atoms with Gasteiger partial charge in [-0.25, -0.2) is 9.37 Å². The molecule has 41 heavy (non-hydrogen) atoms. The highest BCUT2D eigenvalue weighted by molar-refractivity contribution is 7.17. The van der Waals surface area contributed by atoms with Gasteiger partial charge < -0.3 is 19.9 Å². The van der Waals surface area contributed by atoms with Crippen LogP contribution in [0.25, 0.3) is 0 Å². The van der Waals surface area contributed by atoms with E-state index in [0.29, 0.717) is 55.8 Å². The molecule has 3 aliphatic rings. The van der Waals surface area contributed by atoms with E-state index in [1.807, 2.05) is 4.90 Å². The van der Waals surface area contributed by atoms with Crippen molar-refractivity contribution in [2.45, 2.75) is 76.4 Å². The molecule has 7 nitrogen and oxygen atoms in total. The summed E-state index contributed by atoms with van der Waals surface area (Å²) in [5.74, 6) is 0.488. The van der Waals surface area contributed by atoms with Gasteiger partial charge >= 0.3 is 5.97 Å². The third-order valence-corrected chi connectivity index (χ3v) is 10.1. The molecule has 2 saturated heterocycles. The molecule has 0 amide bonds. The summed E-state index contributed by atoms with van der Waals surface area (Å²) < 4.78 is 26.1. The average Bonchev–Trinajstić information content (AvgIpc) is 3.45. The van der Waals surface area contributed by atoms with Gasteiger partial charge in [0.25, 0.3) is 0 Å². The number of ether oxygens (including phenoxy) is 2. The van der Waals surface area contributed by atoms with Gasteiger partial charge in [0.15, 0.2) is 0 Å². The second kappa shape index (κ2) is 13.8. The fourth-order valence-corrected chi connectivity index (χ4v) is 6.99. The van der Waals surface area contributed by atoms with Crippen molar-refractivity contribution < 1.29 is 23.8 Å². The van der Waals surface area contributed by atoms with E-state index in [1.54, 1.807) is 6.07 Å². The van der Waals surface area contributed by atoms with Crippen molar-refractivity contribution in [3.05, 3.63) is 53.0 Å². The molecule has 0 aliphatic carbocycles. The number of hydrogen-bond donors (Lipinski definition) is 2. The summed E-state index contributed by atoms with van der Waals surface area (Å²) in [6.07, 6.45) is 9.20. The van der Waals surface area contributed by atoms with E-state index in [-0.39, 0.29) is 5.41 Å². The highest BCUT2D eigenvalue weighted by Gasteiger charge is 2.37. The number of carboxylic acid groups (broad SMARTS) is 1. The molecule has 1 aromatic carbocycles. The number of nitrogens with zero attached hydrogens (tertiary/aromatic N) is 2. The van der Waals surface area contributed by atoms with Crippen molar-refractivity contribution in [1.29, 1.82) is 0 Å². The molecule has 5 rings (SSSR count). The second-order valence-corrected chi connectivity index (χ2v) is 13.3. The number of likely N-dealkylation sites (tertiary alicyclic amines) is 1. The molecule has 2 fully saturated rings. The maximum atomic E-state index is 14.4. The number of aliphatic carboxylic acids is 1. The van der Waals surface area contributed by atoms with Gasteiger partial charge in [-0.1, -0.05) is 19.4 Å². The van der Waals surface area contributed by atoms with Crippen LogP contribution in [0.3, 0.4) is 0 Å². The van der Waals surface area contributed by atoms with Gasteiger partial charge in [-0.2, -0.15) is 0 Å². The van der Waals surface area contributed by atoms with Crippen LogP contribution in [0, 0.1) is 17.2 Å². The number of pyridine rings is 1. The van der Waals surface area contributed by atoms with E-state index in [1.165, 1.54) is 24.1 Å². The molecular formula is C32H45FN3O4P. The van der Waals surface area contributed by atoms with Crippen LogP contribution >= 0.6 is 9.24 Å². The Morgan fingerprint density at radius 2 is 2.12 bits per heavy atom. The van der Waals surface area contributed by atoms with Crippen molar-refractivity contribution in [3.63, 3.8) is 0 Å². The van der Waals surface area contributed by atoms with E-state index >= 15 is 0 Å². The standard InChI is InChI=1S/C32H45FN3O4P/c1-32(13-17-39-18-14-32)21-40-27-11-9-24(33)19-26(27)29(31(37)38)36-16-12-23(20-36)28(41)7-3-2-6-25-10-8-22-5-4-15-34-30(22)35-25/h8-11,19,23,28-29H,2-7,12-18,20-21,41H2,1H3,(H,34,35)(H,37,38)/t23?,28?,29-/m0/s1. The first-order valence-electron chi connectivity index (χ1n) is 15.3. The van der Waals surface area contributed by atoms with E-state index in [0.717, 1.165) is 69.4 Å². The number of unbranched alkanes of at least 4 members (excludes halogenated alkanes) is 1. The molecule has 0 spiro atoms. The number of carbonyl (C=O) groups is 1. The normalized spacial score (nSPS) is 22.0. The molecule has 4 atom stereocenters. The number of nitrogens with one attached hydrogen (secondary N) is 1. The van der Waals surface area contributed by atoms with E-state index < -0.39 is 17.8 Å². The van der Waals surface area contributed by atoms with Crippen LogP contribution < -0.4 is 10.1 Å². The zero-order valence-corrected chi connectivity index (χ0v) is 25.4. The van der Waals surface area contributed by atoms with E-state index in [9.17, 15) is 14.3 Å². The molecule has 4 heterocycles. The van der Waals surface area contributed by atoms with Crippen LogP contribution in [0.5, 0.6) is 5.75 Å². The first-order chi connectivity index (χ1) is 19.8. The Morgan fingerprint density at radius 1 is 1.29 bits per heavy atom. The number of aromatic nitrogens is 1. The monoisotopic (exact) mass is 585 g/mol. The third-order valence-electron chi connectivity index (χ3n) is 9.18. The summed E-state index contributed by atoms with van der Waals surface area (Å²) in [6.45, 7) is 6.36. The number of hydrogen-bond acceptors (Lipinski definition) is 6. The molecule has 0 radical (unpaired) electrons. The lowest BCUT2D eigenvalue weighted by Gasteiger charge is -2.34. The Balaban J connectivity index is 1.15. The fourth-order valence-electron chi connectivity index (χ4n) is 6.44. The molecule has 2 N–H and O–H groups in total. The predicted molar refractivity (Wildman–Crippen MR) is 162 cm³/mol. The minimum Gasteiger partial charge on any atom is -0.493 e. The third kappa shape index (κ3) is 7.77. The van der Waals surface area contributed by atoms with Crippen LogP contribution in [-0.2, 0) is 22.4 Å². The van der Waals surface area contributed by atoms with Crippen molar-refractivity contribution in [1.82, 2.24) is 9.88 Å². The van der Waals surface area contributed by atoms with Gasteiger partial charge in [0.1, 0.15) is 23.4 Å². The smallest absolute Gasteiger partial charge is 0.325 e. The van der Waals surface area contributed by atoms with Crippen LogP contribution in [0.2, 0.25) is 0 Å². The van der Waals surface area contributed by atoms with Crippen LogP contribution in [0.15, 0.2) is 30.3 Å². The molecule has 1 aromatic heterocycles. The van der Waals surface area contributed by atoms with Gasteiger partial charge in [0.2, 0.25) is 0 Å². The molecule has 9 heteroatoms. The first kappa shape index (κ1) is 30.2. The van der Waals surface area contributed by atoms with Crippen LogP contribution in [0.1, 0.15) is 74.7 Å². The quantitative estimate of drug-likeness (QED) is 0.238. The fraction of sp³-hybridized carbons (Fsp3) is 0.625. The zero-order valence-electron chi connectivity index (χ0n) is 24.2. The minimum atomic E-state index is -0.967. The molecule has 224 valence electrons. The first-order valence-corrected chi connectivity index (χ1v) is 15.9. The number of aryl methyl sites for hydroxylation is 2. The molecular weight excluding hydrogens is 540 g/mol. The maximum absolute atomic E-state index is 14.4. The lowest BCUT2D eigenvalue weighted by molar-refractivity contribution is -0.143. The summed E-state index contributed by atoms with van der Waals surface area (Å²) >= 11 is 0. The molecule has 3 unspecified atom stereocenters. The highest BCUT2D eigenvalue weighted by atomic mass is 31.0. The van der Waals surface area contributed by atoms with Crippen molar-refractivity contribution in [3.8, 4) is 5.75 Å². The molecule has 0 bridgehead atoms. The topological polar surface area (TPSA) is 83.9 Å². The minimum absolute atomic E-state index is 0.0408. The summed E-state index contributed by atoms with van der Waals surface area (Å²) in [5, 5.41) is 13.7. The number of rotatable bonds is 12. The number of halogens is 1. The van der Waals surface area contributed by atoms with Gasteiger partial charge in [-0.05, 0) is 99.3 Å². The van der Waals surface area contributed by atoms with Crippen LogP contribution in [0.4, 0.5) is 10.2 Å². The van der Waals surface area contributed by atoms with E-state index in [2.05, 4.69) is 33.6 Å². The Morgan fingerprint density at radius 3 is 2.93 bits per heavy atom. The Kier molecular flexibility index (Phi) is 10.2. The van der Waals surface area contributed by atoms with Gasteiger partial charge in [-0.15, -0.1) is 9.24 Å². The summed E-state index contributed by atoms with van der Waals surface area (Å²) in [6, 6.07) is 7.73. The number of fused-ring (bicyclic) bond motifs is 1. The van der Waals surface area contributed by atoms with Gasteiger partial charge in [0.05, 0.1) is 6.61 Å². The Bertz CT molecular complexity index is 1190. The molecule has 2 aromatic rings. The summed E-state index contributed by atoms with van der Waals surface area (Å²) in [7, 11) is 3.01. The van der Waals surface area contributed by atoms with Crippen LogP contribution in [-0.4, -0.2) is 66.1 Å². The van der Waals surface area contributed by atoms with Gasteiger partial charge in [0, 0.05) is 43.0 Å². The summed E-state index contributed by atoms with van der Waals surface area (Å²) in [5.41, 5.74) is 3.24. The largest absolute Gasteiger partial charge is 0.493 e. The number of carboxylic acids is 1. The lowest BCUT2D eigenvalue weighted by atomic mass is 9.83. The van der Waals surface area contributed by atoms with Crippen molar-refractivity contribution >= 4 is 21.0 Å². The number of benzene rings is 1. The number of anilines is 1. The lowest BCUT2D eigenvalue weighted by Crippen LogP contribution is -2.35. The summed E-state index contributed by atoms with van der Waals surface area (Å²) in [4.78, 5) is 19.4. The second-order valence-electron chi connectivity index (χ2n) is 12.4.